The van der Waals surface area contributed by atoms with Crippen LogP contribution in [0.3, 0.4) is 0 Å². The highest BCUT2D eigenvalue weighted by atomic mass is 35.5. The molecule has 7 nitrogen and oxygen atoms in total. The average Bonchev–Trinajstić information content (AvgIpc) is 2.98. The fourth-order valence-corrected chi connectivity index (χ4v) is 3.56. The van der Waals surface area contributed by atoms with Crippen molar-refractivity contribution in [3.05, 3.63) is 69.7 Å². The van der Waals surface area contributed by atoms with Crippen molar-refractivity contribution in [2.45, 2.75) is 13.1 Å². The summed E-state index contributed by atoms with van der Waals surface area (Å²) in [5.74, 6) is -0.0806. The molecule has 0 atom stereocenters. The number of benzene rings is 1. The standard InChI is InChI=1S/C19H20ClN5O2/c20-16-5-3-4-15(12-16)13-22-8-10-23(11-9-22)18(26)14-25-19(27)24-7-2-1-6-17(24)21-25/h1-7,12H,8-11,13-14H2. The minimum Gasteiger partial charge on any atom is -0.339 e. The molecule has 3 heterocycles. The highest BCUT2D eigenvalue weighted by molar-refractivity contribution is 6.30. The van der Waals surface area contributed by atoms with Crippen LogP contribution in [0.1, 0.15) is 5.56 Å². The van der Waals surface area contributed by atoms with E-state index < -0.39 is 0 Å². The van der Waals surface area contributed by atoms with Gasteiger partial charge in [-0.3, -0.25) is 14.1 Å². The van der Waals surface area contributed by atoms with Crippen LogP contribution in [0.2, 0.25) is 5.02 Å². The lowest BCUT2D eigenvalue weighted by atomic mass is 10.2. The largest absolute Gasteiger partial charge is 0.350 e. The molecule has 0 unspecified atom stereocenters. The van der Waals surface area contributed by atoms with Crippen molar-refractivity contribution in [2.75, 3.05) is 26.2 Å². The van der Waals surface area contributed by atoms with Gasteiger partial charge in [-0.2, -0.15) is 0 Å². The Kier molecular flexibility index (Phi) is 4.96. The molecule has 2 aromatic heterocycles. The molecule has 0 bridgehead atoms. The Bertz CT molecular complexity index is 1020. The summed E-state index contributed by atoms with van der Waals surface area (Å²) in [6.07, 6.45) is 1.65. The third-order valence-electron chi connectivity index (χ3n) is 4.79. The van der Waals surface area contributed by atoms with E-state index in [9.17, 15) is 9.59 Å². The summed E-state index contributed by atoms with van der Waals surface area (Å²) >= 11 is 6.04. The first kappa shape index (κ1) is 17.8. The third-order valence-corrected chi connectivity index (χ3v) is 5.03. The number of piperazine rings is 1. The molecule has 0 aliphatic carbocycles. The molecule has 4 rings (SSSR count). The van der Waals surface area contributed by atoms with Gasteiger partial charge in [-0.25, -0.2) is 9.48 Å². The molecule has 0 radical (unpaired) electrons. The number of pyridine rings is 1. The first-order chi connectivity index (χ1) is 13.1. The van der Waals surface area contributed by atoms with E-state index in [0.717, 1.165) is 24.7 Å². The fourth-order valence-electron chi connectivity index (χ4n) is 3.35. The Hall–Kier alpha value is -2.64. The number of fused-ring (bicyclic) bond motifs is 1. The lowest BCUT2D eigenvalue weighted by Gasteiger charge is -2.34. The van der Waals surface area contributed by atoms with Gasteiger partial charge in [0.05, 0.1) is 0 Å². The number of carbonyl (C=O) groups excluding carboxylic acids is 1. The topological polar surface area (TPSA) is 62.9 Å². The van der Waals surface area contributed by atoms with E-state index in [1.807, 2.05) is 24.3 Å². The summed E-state index contributed by atoms with van der Waals surface area (Å²) in [4.78, 5) is 29.0. The molecule has 1 amide bonds. The molecule has 1 fully saturated rings. The van der Waals surface area contributed by atoms with Gasteiger partial charge in [-0.15, -0.1) is 5.10 Å². The molecule has 1 aliphatic heterocycles. The van der Waals surface area contributed by atoms with Crippen LogP contribution in [0.4, 0.5) is 0 Å². The van der Waals surface area contributed by atoms with Crippen molar-refractivity contribution in [1.29, 1.82) is 0 Å². The van der Waals surface area contributed by atoms with Gasteiger partial charge in [-0.1, -0.05) is 29.8 Å². The lowest BCUT2D eigenvalue weighted by Crippen LogP contribution is -2.49. The second-order valence-corrected chi connectivity index (χ2v) is 7.09. The average molecular weight is 386 g/mol. The number of hydrogen-bond donors (Lipinski definition) is 0. The van der Waals surface area contributed by atoms with Gasteiger partial charge < -0.3 is 4.90 Å². The zero-order valence-corrected chi connectivity index (χ0v) is 15.5. The van der Waals surface area contributed by atoms with E-state index in [0.29, 0.717) is 18.7 Å². The van der Waals surface area contributed by atoms with Gasteiger partial charge in [0.2, 0.25) is 5.91 Å². The molecule has 140 valence electrons. The van der Waals surface area contributed by atoms with Crippen LogP contribution in [-0.4, -0.2) is 56.1 Å². The molecule has 0 spiro atoms. The first-order valence-electron chi connectivity index (χ1n) is 8.89. The van der Waals surface area contributed by atoms with Crippen molar-refractivity contribution in [1.82, 2.24) is 24.0 Å². The van der Waals surface area contributed by atoms with Crippen LogP contribution in [0.5, 0.6) is 0 Å². The number of aromatic nitrogens is 3. The SMILES string of the molecule is O=C(Cn1nc2ccccn2c1=O)N1CCN(Cc2cccc(Cl)c2)CC1. The Morgan fingerprint density at radius 2 is 1.89 bits per heavy atom. The van der Waals surface area contributed by atoms with Crippen LogP contribution in [0.15, 0.2) is 53.5 Å². The van der Waals surface area contributed by atoms with Crippen molar-refractivity contribution in [3.8, 4) is 0 Å². The van der Waals surface area contributed by atoms with E-state index in [1.54, 1.807) is 23.2 Å². The number of nitrogens with zero attached hydrogens (tertiary/aromatic N) is 5. The van der Waals surface area contributed by atoms with Gasteiger partial charge in [0.25, 0.3) is 0 Å². The fraction of sp³-hybridized carbons (Fsp3) is 0.316. The molecule has 1 saturated heterocycles. The summed E-state index contributed by atoms with van der Waals surface area (Å²) in [5.41, 5.74) is 1.42. The van der Waals surface area contributed by atoms with Gasteiger partial charge in [0.1, 0.15) is 6.54 Å². The quantitative estimate of drug-likeness (QED) is 0.682. The van der Waals surface area contributed by atoms with Crippen molar-refractivity contribution in [3.63, 3.8) is 0 Å². The molecule has 0 N–H and O–H groups in total. The van der Waals surface area contributed by atoms with Crippen LogP contribution >= 0.6 is 11.6 Å². The Morgan fingerprint density at radius 1 is 1.07 bits per heavy atom. The first-order valence-corrected chi connectivity index (χ1v) is 9.27. The summed E-state index contributed by atoms with van der Waals surface area (Å²) in [6.45, 7) is 3.64. The van der Waals surface area contributed by atoms with E-state index in [2.05, 4.69) is 16.1 Å². The smallest absolute Gasteiger partial charge is 0.339 e. The van der Waals surface area contributed by atoms with Crippen molar-refractivity contribution < 1.29 is 4.79 Å². The molecule has 27 heavy (non-hydrogen) atoms. The zero-order chi connectivity index (χ0) is 18.8. The Balaban J connectivity index is 1.35. The van der Waals surface area contributed by atoms with E-state index in [-0.39, 0.29) is 18.1 Å². The second-order valence-electron chi connectivity index (χ2n) is 6.66. The maximum absolute atomic E-state index is 12.6. The highest BCUT2D eigenvalue weighted by Crippen LogP contribution is 2.14. The van der Waals surface area contributed by atoms with Crippen molar-refractivity contribution in [2.24, 2.45) is 0 Å². The molecule has 3 aromatic rings. The maximum Gasteiger partial charge on any atom is 0.350 e. The molecular weight excluding hydrogens is 366 g/mol. The maximum atomic E-state index is 12.6. The predicted octanol–water partition coefficient (Wildman–Crippen LogP) is 1.49. The van der Waals surface area contributed by atoms with Gasteiger partial charge in [0, 0.05) is 43.9 Å². The number of hydrogen-bond acceptors (Lipinski definition) is 4. The third kappa shape index (κ3) is 3.89. The molecular formula is C19H20ClN5O2. The number of carbonyl (C=O) groups is 1. The van der Waals surface area contributed by atoms with Crippen molar-refractivity contribution >= 4 is 23.2 Å². The van der Waals surface area contributed by atoms with E-state index in [1.165, 1.54) is 14.6 Å². The summed E-state index contributed by atoms with van der Waals surface area (Å²) < 4.78 is 2.67. The van der Waals surface area contributed by atoms with E-state index >= 15 is 0 Å². The van der Waals surface area contributed by atoms with Crippen LogP contribution in [0, 0.1) is 0 Å². The Morgan fingerprint density at radius 3 is 2.63 bits per heavy atom. The molecule has 1 aliphatic rings. The number of halogens is 1. The van der Waals surface area contributed by atoms with Crippen LogP contribution < -0.4 is 5.69 Å². The summed E-state index contributed by atoms with van der Waals surface area (Å²) in [7, 11) is 0. The van der Waals surface area contributed by atoms with Crippen LogP contribution in [-0.2, 0) is 17.9 Å². The Labute approximate surface area is 161 Å². The zero-order valence-electron chi connectivity index (χ0n) is 14.8. The minimum absolute atomic E-state index is 0.0329. The monoisotopic (exact) mass is 385 g/mol. The van der Waals surface area contributed by atoms with Gasteiger partial charge in [-0.05, 0) is 29.8 Å². The highest BCUT2D eigenvalue weighted by Gasteiger charge is 2.22. The summed E-state index contributed by atoms with van der Waals surface area (Å²) in [6, 6.07) is 13.2. The predicted molar refractivity (Wildman–Crippen MR) is 103 cm³/mol. The van der Waals surface area contributed by atoms with Crippen LogP contribution in [0.25, 0.3) is 5.65 Å². The van der Waals surface area contributed by atoms with Gasteiger partial charge in [0.15, 0.2) is 5.65 Å². The normalized spacial score (nSPS) is 15.4. The van der Waals surface area contributed by atoms with E-state index in [4.69, 9.17) is 11.6 Å². The molecule has 8 heteroatoms. The summed E-state index contributed by atoms with van der Waals surface area (Å²) in [5, 5.41) is 4.96. The number of rotatable bonds is 4. The lowest BCUT2D eigenvalue weighted by molar-refractivity contribution is -0.133. The molecule has 0 saturated carbocycles. The second kappa shape index (κ2) is 7.54. The minimum atomic E-state index is -0.293. The molecule has 1 aromatic carbocycles. The van der Waals surface area contributed by atoms with Gasteiger partial charge >= 0.3 is 5.69 Å². The number of amides is 1.